The summed E-state index contributed by atoms with van der Waals surface area (Å²) < 4.78 is 11.2. The second-order valence-corrected chi connectivity index (χ2v) is 4.97. The zero-order chi connectivity index (χ0) is 13.9. The van der Waals surface area contributed by atoms with Crippen LogP contribution in [0.3, 0.4) is 0 Å². The maximum atomic E-state index is 11.3. The monoisotopic (exact) mass is 265 g/mol. The number of carbonyl (C=O) groups is 1. The third-order valence-corrected chi connectivity index (χ3v) is 3.34. The highest BCUT2D eigenvalue weighted by Crippen LogP contribution is 2.35. The molecule has 1 fully saturated rings. The first kappa shape index (κ1) is 13.7. The number of carboxylic acids is 1. The number of para-hydroxylation sites is 1. The summed E-state index contributed by atoms with van der Waals surface area (Å²) in [7, 11) is 1.51. The van der Waals surface area contributed by atoms with Crippen molar-refractivity contribution in [3.05, 3.63) is 23.8 Å². The lowest BCUT2D eigenvalue weighted by molar-refractivity contribution is 0.0531. The fourth-order valence-electron chi connectivity index (χ4n) is 2.31. The molecule has 1 heterocycles. The van der Waals surface area contributed by atoms with Gasteiger partial charge in [0, 0.05) is 6.54 Å². The Kier molecular flexibility index (Phi) is 3.95. The molecule has 1 aliphatic heterocycles. The first-order valence-corrected chi connectivity index (χ1v) is 6.36. The largest absolute Gasteiger partial charge is 0.493 e. The Bertz CT molecular complexity index is 467. The Labute approximate surface area is 112 Å². The molecule has 1 unspecified atom stereocenters. The molecule has 2 N–H and O–H groups in total. The predicted octanol–water partition coefficient (Wildman–Crippen LogP) is 1.91. The van der Waals surface area contributed by atoms with Crippen LogP contribution in [0.25, 0.3) is 0 Å². The lowest BCUT2D eigenvalue weighted by Crippen LogP contribution is -2.47. The highest BCUT2D eigenvalue weighted by atomic mass is 16.5. The topological polar surface area (TPSA) is 67.8 Å². The van der Waals surface area contributed by atoms with Crippen molar-refractivity contribution in [1.82, 2.24) is 5.32 Å². The summed E-state index contributed by atoms with van der Waals surface area (Å²) >= 11 is 0. The van der Waals surface area contributed by atoms with Crippen molar-refractivity contribution < 1.29 is 19.4 Å². The molecule has 0 saturated carbocycles. The van der Waals surface area contributed by atoms with Gasteiger partial charge in [-0.1, -0.05) is 6.07 Å². The van der Waals surface area contributed by atoms with Gasteiger partial charge in [0.15, 0.2) is 11.5 Å². The molecule has 5 heteroatoms. The minimum atomic E-state index is -1.01. The van der Waals surface area contributed by atoms with Gasteiger partial charge in [-0.25, -0.2) is 4.79 Å². The maximum absolute atomic E-state index is 11.3. The molecule has 0 aliphatic carbocycles. The van der Waals surface area contributed by atoms with Gasteiger partial charge >= 0.3 is 5.97 Å². The Morgan fingerprint density at radius 2 is 2.26 bits per heavy atom. The van der Waals surface area contributed by atoms with Crippen molar-refractivity contribution in [3.8, 4) is 11.5 Å². The van der Waals surface area contributed by atoms with Crippen LogP contribution in [0.1, 0.15) is 30.1 Å². The van der Waals surface area contributed by atoms with Crippen molar-refractivity contribution in [3.63, 3.8) is 0 Å². The van der Waals surface area contributed by atoms with E-state index in [1.54, 1.807) is 12.1 Å². The zero-order valence-electron chi connectivity index (χ0n) is 11.2. The normalized spacial score (nSPS) is 22.8. The number of piperidine rings is 1. The predicted molar refractivity (Wildman–Crippen MR) is 71.1 cm³/mol. The fraction of sp³-hybridized carbons (Fsp3) is 0.500. The molecule has 1 saturated heterocycles. The molecule has 0 aromatic heterocycles. The summed E-state index contributed by atoms with van der Waals surface area (Å²) in [5.74, 6) is -0.253. The fourth-order valence-corrected chi connectivity index (χ4v) is 2.31. The van der Waals surface area contributed by atoms with Gasteiger partial charge in [0.1, 0.15) is 11.2 Å². The van der Waals surface area contributed by atoms with Gasteiger partial charge in [0.2, 0.25) is 0 Å². The molecule has 0 radical (unpaired) electrons. The van der Waals surface area contributed by atoms with E-state index in [0.717, 1.165) is 19.4 Å². The molecule has 5 nitrogen and oxygen atoms in total. The Morgan fingerprint density at radius 3 is 2.84 bits per heavy atom. The number of carboxylic acid groups (broad SMARTS) is 1. The van der Waals surface area contributed by atoms with Crippen molar-refractivity contribution in [2.24, 2.45) is 0 Å². The van der Waals surface area contributed by atoms with Crippen LogP contribution >= 0.6 is 0 Å². The summed E-state index contributed by atoms with van der Waals surface area (Å²) in [5, 5.41) is 12.5. The molecule has 0 bridgehead atoms. The van der Waals surface area contributed by atoms with Crippen molar-refractivity contribution >= 4 is 5.97 Å². The van der Waals surface area contributed by atoms with Gasteiger partial charge in [0.05, 0.1) is 7.11 Å². The van der Waals surface area contributed by atoms with E-state index in [1.807, 2.05) is 6.92 Å². The molecule has 1 aliphatic rings. The van der Waals surface area contributed by atoms with Crippen molar-refractivity contribution in [2.45, 2.75) is 25.4 Å². The molecule has 19 heavy (non-hydrogen) atoms. The van der Waals surface area contributed by atoms with Crippen LogP contribution in [-0.4, -0.2) is 36.9 Å². The van der Waals surface area contributed by atoms with E-state index in [2.05, 4.69) is 5.32 Å². The van der Waals surface area contributed by atoms with Gasteiger partial charge in [-0.15, -0.1) is 0 Å². The van der Waals surface area contributed by atoms with Crippen molar-refractivity contribution in [2.75, 3.05) is 20.2 Å². The van der Waals surface area contributed by atoms with E-state index in [-0.39, 0.29) is 5.56 Å². The molecule has 1 aromatic rings. The second kappa shape index (κ2) is 5.48. The smallest absolute Gasteiger partial charge is 0.339 e. The third-order valence-electron chi connectivity index (χ3n) is 3.34. The first-order chi connectivity index (χ1) is 9.06. The number of hydrogen-bond acceptors (Lipinski definition) is 4. The van der Waals surface area contributed by atoms with E-state index in [9.17, 15) is 9.90 Å². The quantitative estimate of drug-likeness (QED) is 0.870. The second-order valence-electron chi connectivity index (χ2n) is 4.97. The average molecular weight is 265 g/mol. The van der Waals surface area contributed by atoms with Crippen LogP contribution in [0.15, 0.2) is 18.2 Å². The Morgan fingerprint density at radius 1 is 1.47 bits per heavy atom. The molecule has 1 atom stereocenters. The molecule has 0 spiro atoms. The number of hydrogen-bond donors (Lipinski definition) is 2. The number of methoxy groups -OCH3 is 1. The van der Waals surface area contributed by atoms with E-state index < -0.39 is 11.6 Å². The van der Waals surface area contributed by atoms with Crippen LogP contribution in [0.4, 0.5) is 0 Å². The minimum Gasteiger partial charge on any atom is -0.493 e. The van der Waals surface area contributed by atoms with Crippen LogP contribution in [0.2, 0.25) is 0 Å². The molecule has 0 amide bonds. The van der Waals surface area contributed by atoms with Gasteiger partial charge < -0.3 is 19.9 Å². The summed E-state index contributed by atoms with van der Waals surface area (Å²) in [6.07, 6.45) is 1.89. The van der Waals surface area contributed by atoms with Gasteiger partial charge in [-0.2, -0.15) is 0 Å². The number of aromatic carboxylic acids is 1. The average Bonchev–Trinajstić information content (AvgIpc) is 2.39. The molecular weight excluding hydrogens is 246 g/mol. The molecule has 2 rings (SSSR count). The van der Waals surface area contributed by atoms with Gasteiger partial charge in [-0.05, 0) is 38.4 Å². The highest BCUT2D eigenvalue weighted by molar-refractivity contribution is 5.92. The van der Waals surface area contributed by atoms with E-state index in [0.29, 0.717) is 18.0 Å². The van der Waals surface area contributed by atoms with E-state index >= 15 is 0 Å². The number of rotatable bonds is 4. The lowest BCUT2D eigenvalue weighted by atomic mass is 9.96. The zero-order valence-corrected chi connectivity index (χ0v) is 11.2. The summed E-state index contributed by atoms with van der Waals surface area (Å²) in [6.45, 7) is 3.65. The molecule has 1 aromatic carbocycles. The van der Waals surface area contributed by atoms with E-state index in [1.165, 1.54) is 13.2 Å². The van der Waals surface area contributed by atoms with Gasteiger partial charge in [0.25, 0.3) is 0 Å². The van der Waals surface area contributed by atoms with Crippen LogP contribution in [0, 0.1) is 0 Å². The summed E-state index contributed by atoms with van der Waals surface area (Å²) in [5.41, 5.74) is -0.275. The third kappa shape index (κ3) is 2.98. The van der Waals surface area contributed by atoms with Crippen molar-refractivity contribution in [1.29, 1.82) is 0 Å². The summed E-state index contributed by atoms with van der Waals surface area (Å²) in [4.78, 5) is 11.3. The highest BCUT2D eigenvalue weighted by Gasteiger charge is 2.31. The first-order valence-electron chi connectivity index (χ1n) is 6.36. The van der Waals surface area contributed by atoms with Crippen LogP contribution < -0.4 is 14.8 Å². The number of ether oxygens (including phenoxy) is 2. The number of nitrogens with one attached hydrogen (secondary N) is 1. The van der Waals surface area contributed by atoms with Gasteiger partial charge in [-0.3, -0.25) is 0 Å². The standard InChI is InChI=1S/C14H19NO4/c1-14(7-4-8-15-9-14)19-12-10(13(16)17)5-3-6-11(12)18-2/h3,5-6,15H,4,7-9H2,1-2H3,(H,16,17). The number of benzene rings is 1. The summed E-state index contributed by atoms with van der Waals surface area (Å²) in [6, 6.07) is 4.89. The van der Waals surface area contributed by atoms with Crippen LogP contribution in [0.5, 0.6) is 11.5 Å². The SMILES string of the molecule is COc1cccc(C(=O)O)c1OC1(C)CCCNC1. The molecular formula is C14H19NO4. The lowest BCUT2D eigenvalue weighted by Gasteiger charge is -2.35. The Balaban J connectivity index is 2.34. The molecule has 104 valence electrons. The Hall–Kier alpha value is -1.75. The minimum absolute atomic E-state index is 0.131. The maximum Gasteiger partial charge on any atom is 0.339 e. The van der Waals surface area contributed by atoms with Crippen LogP contribution in [-0.2, 0) is 0 Å². The van der Waals surface area contributed by atoms with E-state index in [4.69, 9.17) is 9.47 Å².